The Morgan fingerprint density at radius 1 is 1.14 bits per heavy atom. The smallest absolute Gasteiger partial charge is 0.213 e. The average Bonchev–Trinajstić information content (AvgIpc) is 2.74. The molecule has 0 spiro atoms. The quantitative estimate of drug-likeness (QED) is 0.583. The Morgan fingerprint density at radius 2 is 2.00 bits per heavy atom. The Morgan fingerprint density at radius 3 is 2.82 bits per heavy atom. The van der Waals surface area contributed by atoms with Crippen molar-refractivity contribution in [2.24, 2.45) is 0 Å². The third-order valence-corrected chi connectivity index (χ3v) is 5.52. The normalized spacial score (nSPS) is 16.8. The lowest BCUT2D eigenvalue weighted by Crippen LogP contribution is -2.35. The Bertz CT molecular complexity index is 1000. The van der Waals surface area contributed by atoms with Crippen molar-refractivity contribution in [1.82, 2.24) is 9.97 Å². The molecule has 1 unspecified atom stereocenters. The molecule has 0 saturated carbocycles. The number of aryl methyl sites for hydroxylation is 1. The fourth-order valence-corrected chi connectivity index (χ4v) is 4.00. The number of halogens is 1. The summed E-state index contributed by atoms with van der Waals surface area (Å²) >= 11 is 6.18. The van der Waals surface area contributed by atoms with Gasteiger partial charge in [-0.15, -0.1) is 0 Å². The molecule has 0 amide bonds. The van der Waals surface area contributed by atoms with Gasteiger partial charge in [-0.25, -0.2) is 4.98 Å². The number of piperidine rings is 1. The average molecular weight is 392 g/mol. The highest BCUT2D eigenvalue weighted by molar-refractivity contribution is 6.30. The van der Waals surface area contributed by atoms with Gasteiger partial charge >= 0.3 is 0 Å². The number of pyridine rings is 2. The molecule has 0 bridgehead atoms. The van der Waals surface area contributed by atoms with E-state index < -0.39 is 0 Å². The molecule has 0 aliphatic carbocycles. The summed E-state index contributed by atoms with van der Waals surface area (Å²) in [6.07, 6.45) is 3.91. The summed E-state index contributed by atoms with van der Waals surface area (Å²) in [5.74, 6) is 1.17. The van der Waals surface area contributed by atoms with Crippen molar-refractivity contribution in [3.8, 4) is 0 Å². The molecule has 4 rings (SSSR count). The zero-order valence-electron chi connectivity index (χ0n) is 15.8. The molecule has 1 aliphatic rings. The van der Waals surface area contributed by atoms with Crippen LogP contribution in [-0.2, 0) is 0 Å². The first-order valence-corrected chi connectivity index (χ1v) is 9.93. The van der Waals surface area contributed by atoms with Gasteiger partial charge in [0.2, 0.25) is 5.78 Å². The van der Waals surface area contributed by atoms with E-state index in [9.17, 15) is 4.79 Å². The van der Waals surface area contributed by atoms with Crippen LogP contribution in [0.3, 0.4) is 0 Å². The predicted molar refractivity (Wildman–Crippen MR) is 112 cm³/mol. The number of ketones is 1. The Balaban J connectivity index is 1.57. The summed E-state index contributed by atoms with van der Waals surface area (Å²) in [5.41, 5.74) is 3.04. The summed E-state index contributed by atoms with van der Waals surface area (Å²) in [5, 5.41) is 0.771. The van der Waals surface area contributed by atoms with E-state index in [2.05, 4.69) is 20.9 Å². The second kappa shape index (κ2) is 8.11. The van der Waals surface area contributed by atoms with Gasteiger partial charge in [-0.2, -0.15) is 0 Å². The maximum Gasteiger partial charge on any atom is 0.213 e. The van der Waals surface area contributed by atoms with Crippen LogP contribution < -0.4 is 4.90 Å². The van der Waals surface area contributed by atoms with Crippen molar-refractivity contribution in [1.29, 1.82) is 0 Å². The molecule has 1 aromatic carbocycles. The van der Waals surface area contributed by atoms with Crippen molar-refractivity contribution >= 4 is 23.2 Å². The minimum absolute atomic E-state index is 0.0872. The van der Waals surface area contributed by atoms with Crippen LogP contribution >= 0.6 is 11.6 Å². The zero-order chi connectivity index (χ0) is 19.5. The van der Waals surface area contributed by atoms with Crippen molar-refractivity contribution < 1.29 is 4.79 Å². The van der Waals surface area contributed by atoms with E-state index in [-0.39, 0.29) is 5.78 Å². The highest BCUT2D eigenvalue weighted by atomic mass is 35.5. The van der Waals surface area contributed by atoms with E-state index in [1.54, 1.807) is 24.4 Å². The van der Waals surface area contributed by atoms with Gasteiger partial charge in [0, 0.05) is 41.5 Å². The van der Waals surface area contributed by atoms with Gasteiger partial charge in [0.15, 0.2) is 0 Å². The maximum atomic E-state index is 12.9. The zero-order valence-corrected chi connectivity index (χ0v) is 16.6. The molecule has 142 valence electrons. The summed E-state index contributed by atoms with van der Waals surface area (Å²) in [6, 6.07) is 17.3. The molecule has 1 saturated heterocycles. The molecule has 4 nitrogen and oxygen atoms in total. The number of hydrogen-bond acceptors (Lipinski definition) is 4. The lowest BCUT2D eigenvalue weighted by atomic mass is 9.90. The lowest BCUT2D eigenvalue weighted by Gasteiger charge is -2.34. The number of hydrogen-bond donors (Lipinski definition) is 0. The second-order valence-corrected chi connectivity index (χ2v) is 7.62. The van der Waals surface area contributed by atoms with E-state index in [0.29, 0.717) is 17.2 Å². The van der Waals surface area contributed by atoms with Gasteiger partial charge in [-0.3, -0.25) is 9.78 Å². The number of carbonyl (C=O) groups is 1. The topological polar surface area (TPSA) is 46.1 Å². The van der Waals surface area contributed by atoms with Crippen LogP contribution in [0, 0.1) is 6.92 Å². The van der Waals surface area contributed by atoms with Gasteiger partial charge in [0.1, 0.15) is 11.5 Å². The number of anilines is 1. The summed E-state index contributed by atoms with van der Waals surface area (Å²) < 4.78 is 0. The number of nitrogens with zero attached hydrogens (tertiary/aromatic N) is 3. The lowest BCUT2D eigenvalue weighted by molar-refractivity contribution is 0.103. The third-order valence-electron chi connectivity index (χ3n) is 5.28. The van der Waals surface area contributed by atoms with Crippen LogP contribution in [-0.4, -0.2) is 28.8 Å². The van der Waals surface area contributed by atoms with Crippen molar-refractivity contribution in [3.63, 3.8) is 0 Å². The molecule has 1 aliphatic heterocycles. The Labute approximate surface area is 170 Å². The highest BCUT2D eigenvalue weighted by Gasteiger charge is 2.23. The second-order valence-electron chi connectivity index (χ2n) is 7.19. The molecule has 3 heterocycles. The predicted octanol–water partition coefficient (Wildman–Crippen LogP) is 5.05. The number of benzene rings is 1. The number of rotatable bonds is 4. The monoisotopic (exact) mass is 391 g/mol. The first-order valence-electron chi connectivity index (χ1n) is 9.55. The molecule has 2 aromatic heterocycles. The minimum Gasteiger partial charge on any atom is -0.356 e. The minimum atomic E-state index is -0.0872. The Kier molecular flexibility index (Phi) is 5.40. The summed E-state index contributed by atoms with van der Waals surface area (Å²) in [4.78, 5) is 24.1. The standard InChI is InChI=1S/C23H22ClN3O/c1-16-20(9-4-12-25-16)23(28)21-10-3-11-22(26-21)27-13-5-7-18(15-27)17-6-2-8-19(24)14-17/h2-4,6,8-12,14,18H,5,7,13,15H2,1H3. The molecule has 3 aromatic rings. The van der Waals surface area contributed by atoms with Crippen molar-refractivity contribution in [3.05, 3.63) is 88.3 Å². The summed E-state index contributed by atoms with van der Waals surface area (Å²) in [7, 11) is 0. The van der Waals surface area contributed by atoms with E-state index >= 15 is 0 Å². The van der Waals surface area contributed by atoms with Crippen molar-refractivity contribution in [2.75, 3.05) is 18.0 Å². The van der Waals surface area contributed by atoms with Crippen LogP contribution in [0.15, 0.2) is 60.8 Å². The molecule has 1 atom stereocenters. The first-order chi connectivity index (χ1) is 13.6. The van der Waals surface area contributed by atoms with Crippen LogP contribution in [0.25, 0.3) is 0 Å². The number of aromatic nitrogens is 2. The van der Waals surface area contributed by atoms with Gasteiger partial charge < -0.3 is 4.90 Å². The Hall–Kier alpha value is -2.72. The van der Waals surface area contributed by atoms with E-state index in [1.165, 1.54) is 5.56 Å². The molecule has 1 fully saturated rings. The highest BCUT2D eigenvalue weighted by Crippen LogP contribution is 2.30. The largest absolute Gasteiger partial charge is 0.356 e. The van der Waals surface area contributed by atoms with Gasteiger partial charge in [0.25, 0.3) is 0 Å². The number of carbonyl (C=O) groups excluding carboxylic acids is 1. The fourth-order valence-electron chi connectivity index (χ4n) is 3.81. The maximum absolute atomic E-state index is 12.9. The molecule has 28 heavy (non-hydrogen) atoms. The SMILES string of the molecule is Cc1ncccc1C(=O)c1cccc(N2CCCC(c3cccc(Cl)c3)C2)n1. The molecular weight excluding hydrogens is 370 g/mol. The van der Waals surface area contributed by atoms with Crippen LogP contribution in [0.4, 0.5) is 5.82 Å². The fraction of sp³-hybridized carbons (Fsp3) is 0.261. The van der Waals surface area contributed by atoms with Crippen LogP contribution in [0.2, 0.25) is 5.02 Å². The molecular formula is C23H22ClN3O. The van der Waals surface area contributed by atoms with E-state index in [1.807, 2.05) is 37.3 Å². The van der Waals surface area contributed by atoms with Crippen molar-refractivity contribution in [2.45, 2.75) is 25.7 Å². The van der Waals surface area contributed by atoms with Gasteiger partial charge in [-0.05, 0) is 61.7 Å². The van der Waals surface area contributed by atoms with Gasteiger partial charge in [-0.1, -0.05) is 29.8 Å². The van der Waals surface area contributed by atoms with Crippen LogP contribution in [0.1, 0.15) is 46.1 Å². The van der Waals surface area contributed by atoms with Crippen LogP contribution in [0.5, 0.6) is 0 Å². The molecule has 0 N–H and O–H groups in total. The molecule has 5 heteroatoms. The van der Waals surface area contributed by atoms with Gasteiger partial charge in [0.05, 0.1) is 0 Å². The summed E-state index contributed by atoms with van der Waals surface area (Å²) in [6.45, 7) is 3.65. The first kappa shape index (κ1) is 18.6. The van der Waals surface area contributed by atoms with E-state index in [0.717, 1.165) is 42.5 Å². The third kappa shape index (κ3) is 3.92. The van der Waals surface area contributed by atoms with E-state index in [4.69, 9.17) is 11.6 Å². The molecule has 0 radical (unpaired) electrons.